The van der Waals surface area contributed by atoms with Gasteiger partial charge in [0.2, 0.25) is 10.0 Å². The fraction of sp³-hybridized carbons (Fsp3) is 0.278. The molecule has 9 heteroatoms. The molecule has 5 nitrogen and oxygen atoms in total. The Hall–Kier alpha value is -1.67. The largest absolute Gasteiger partial charge is 0.337 e. The number of nitrogens with zero attached hydrogens (tertiary/aromatic N) is 2. The number of amides is 1. The molecule has 0 aliphatic carbocycles. The van der Waals surface area contributed by atoms with Gasteiger partial charge in [-0.2, -0.15) is 4.31 Å². The van der Waals surface area contributed by atoms with Gasteiger partial charge >= 0.3 is 0 Å². The molecule has 1 fully saturated rings. The van der Waals surface area contributed by atoms with Crippen molar-refractivity contribution in [2.24, 2.45) is 0 Å². The number of rotatable bonds is 3. The van der Waals surface area contributed by atoms with Crippen LogP contribution in [0.2, 0.25) is 10.0 Å². The van der Waals surface area contributed by atoms with Gasteiger partial charge in [0, 0.05) is 26.2 Å². The van der Waals surface area contributed by atoms with Gasteiger partial charge in [-0.05, 0) is 36.8 Å². The molecule has 1 aliphatic rings. The summed E-state index contributed by atoms with van der Waals surface area (Å²) in [6.07, 6.45) is 0.447. The maximum absolute atomic E-state index is 13.5. The maximum Gasteiger partial charge on any atom is 0.255 e. The minimum Gasteiger partial charge on any atom is -0.337 e. The molecule has 3 rings (SSSR count). The second kappa shape index (κ2) is 8.14. The van der Waals surface area contributed by atoms with Crippen LogP contribution in [-0.2, 0) is 10.0 Å². The molecule has 0 saturated carbocycles. The minimum atomic E-state index is -3.96. The van der Waals surface area contributed by atoms with Gasteiger partial charge in [-0.3, -0.25) is 4.79 Å². The van der Waals surface area contributed by atoms with Crippen LogP contribution in [0.4, 0.5) is 4.39 Å². The smallest absolute Gasteiger partial charge is 0.255 e. The maximum atomic E-state index is 13.5. The van der Waals surface area contributed by atoms with Crippen molar-refractivity contribution in [3.63, 3.8) is 0 Å². The van der Waals surface area contributed by atoms with E-state index >= 15 is 0 Å². The zero-order valence-corrected chi connectivity index (χ0v) is 16.6. The molecule has 1 aliphatic heterocycles. The summed E-state index contributed by atoms with van der Waals surface area (Å²) < 4.78 is 40.5. The Labute approximate surface area is 167 Å². The third kappa shape index (κ3) is 4.27. The summed E-state index contributed by atoms with van der Waals surface area (Å²) in [7, 11) is -3.96. The SMILES string of the molecule is O=C(c1ccccc1Cl)N1CCCN(S(=O)(=O)c2cc(F)ccc2Cl)CC1. The van der Waals surface area contributed by atoms with E-state index in [9.17, 15) is 17.6 Å². The van der Waals surface area contributed by atoms with Gasteiger partial charge in [-0.1, -0.05) is 35.3 Å². The van der Waals surface area contributed by atoms with E-state index in [4.69, 9.17) is 23.2 Å². The second-order valence-corrected chi connectivity index (χ2v) is 8.83. The van der Waals surface area contributed by atoms with E-state index in [2.05, 4.69) is 0 Å². The molecule has 0 N–H and O–H groups in total. The average molecular weight is 431 g/mol. The number of benzene rings is 2. The predicted molar refractivity (Wildman–Crippen MR) is 102 cm³/mol. The lowest BCUT2D eigenvalue weighted by molar-refractivity contribution is 0.0764. The Morgan fingerprint density at radius 2 is 1.70 bits per heavy atom. The van der Waals surface area contributed by atoms with Crippen LogP contribution >= 0.6 is 23.2 Å². The van der Waals surface area contributed by atoms with Gasteiger partial charge in [0.25, 0.3) is 5.91 Å². The van der Waals surface area contributed by atoms with Crippen molar-refractivity contribution >= 4 is 39.1 Å². The lowest BCUT2D eigenvalue weighted by Gasteiger charge is -2.22. The van der Waals surface area contributed by atoms with Crippen LogP contribution in [0.1, 0.15) is 16.8 Å². The third-order valence-corrected chi connectivity index (χ3v) is 7.07. The fourth-order valence-electron chi connectivity index (χ4n) is 2.96. The summed E-state index contributed by atoms with van der Waals surface area (Å²) in [5.41, 5.74) is 0.378. The Kier molecular flexibility index (Phi) is 6.05. The molecule has 0 unspecified atom stereocenters. The first-order valence-corrected chi connectivity index (χ1v) is 10.5. The topological polar surface area (TPSA) is 57.7 Å². The lowest BCUT2D eigenvalue weighted by Crippen LogP contribution is -2.37. The molecular weight excluding hydrogens is 414 g/mol. The second-order valence-electron chi connectivity index (χ2n) is 6.10. The Bertz CT molecular complexity index is 969. The van der Waals surface area contributed by atoms with E-state index in [1.165, 1.54) is 10.4 Å². The van der Waals surface area contributed by atoms with Crippen molar-refractivity contribution in [3.05, 3.63) is 63.9 Å². The van der Waals surface area contributed by atoms with Gasteiger partial charge < -0.3 is 4.90 Å². The molecule has 1 heterocycles. The van der Waals surface area contributed by atoms with Crippen LogP contribution < -0.4 is 0 Å². The van der Waals surface area contributed by atoms with Crippen molar-refractivity contribution < 1.29 is 17.6 Å². The highest BCUT2D eigenvalue weighted by Crippen LogP contribution is 2.26. The molecule has 0 aromatic heterocycles. The van der Waals surface area contributed by atoms with Crippen molar-refractivity contribution in [2.45, 2.75) is 11.3 Å². The summed E-state index contributed by atoms with van der Waals surface area (Å²) in [5.74, 6) is -0.924. The van der Waals surface area contributed by atoms with Gasteiger partial charge in [0.1, 0.15) is 10.7 Å². The molecule has 2 aromatic carbocycles. The summed E-state index contributed by atoms with van der Waals surface area (Å²) in [5, 5.41) is 0.312. The van der Waals surface area contributed by atoms with E-state index in [1.807, 2.05) is 0 Å². The standard InChI is InChI=1S/C18H17Cl2FN2O3S/c19-15-5-2-1-4-14(15)18(24)22-8-3-9-23(11-10-22)27(25,26)17-12-13(21)6-7-16(17)20/h1-2,4-7,12H,3,8-11H2. The molecule has 1 amide bonds. The molecular formula is C18H17Cl2FN2O3S. The summed E-state index contributed by atoms with van der Waals surface area (Å²) in [6, 6.07) is 9.96. The summed E-state index contributed by atoms with van der Waals surface area (Å²) in [6.45, 7) is 0.899. The molecule has 144 valence electrons. The molecule has 1 saturated heterocycles. The van der Waals surface area contributed by atoms with Crippen LogP contribution in [0.5, 0.6) is 0 Å². The average Bonchev–Trinajstić information content (AvgIpc) is 2.90. The number of halogens is 3. The van der Waals surface area contributed by atoms with Crippen LogP contribution in [0.15, 0.2) is 47.4 Å². The van der Waals surface area contributed by atoms with Gasteiger partial charge in [0.15, 0.2) is 0 Å². The van der Waals surface area contributed by atoms with E-state index in [-0.39, 0.29) is 35.5 Å². The van der Waals surface area contributed by atoms with Crippen LogP contribution in [0, 0.1) is 5.82 Å². The Balaban J connectivity index is 1.79. The normalized spacial score (nSPS) is 16.2. The number of hydrogen-bond donors (Lipinski definition) is 0. The highest BCUT2D eigenvalue weighted by Gasteiger charge is 2.30. The van der Waals surface area contributed by atoms with Crippen LogP contribution in [-0.4, -0.2) is 49.7 Å². The van der Waals surface area contributed by atoms with Crippen molar-refractivity contribution in [2.75, 3.05) is 26.2 Å². The third-order valence-electron chi connectivity index (χ3n) is 4.36. The molecule has 2 aromatic rings. The van der Waals surface area contributed by atoms with Crippen molar-refractivity contribution in [1.29, 1.82) is 0 Å². The quantitative estimate of drug-likeness (QED) is 0.746. The van der Waals surface area contributed by atoms with E-state index < -0.39 is 15.8 Å². The molecule has 0 atom stereocenters. The first kappa shape index (κ1) is 20.1. The molecule has 0 bridgehead atoms. The van der Waals surface area contributed by atoms with Crippen molar-refractivity contribution in [3.8, 4) is 0 Å². The zero-order valence-electron chi connectivity index (χ0n) is 14.2. The van der Waals surface area contributed by atoms with E-state index in [0.717, 1.165) is 12.1 Å². The Morgan fingerprint density at radius 1 is 0.963 bits per heavy atom. The predicted octanol–water partition coefficient (Wildman–Crippen LogP) is 3.67. The highest BCUT2D eigenvalue weighted by molar-refractivity contribution is 7.89. The number of hydrogen-bond acceptors (Lipinski definition) is 3. The highest BCUT2D eigenvalue weighted by atomic mass is 35.5. The first-order chi connectivity index (χ1) is 12.8. The zero-order chi connectivity index (χ0) is 19.6. The molecule has 0 radical (unpaired) electrons. The van der Waals surface area contributed by atoms with Crippen LogP contribution in [0.3, 0.4) is 0 Å². The van der Waals surface area contributed by atoms with Crippen LogP contribution in [0.25, 0.3) is 0 Å². The van der Waals surface area contributed by atoms with E-state index in [0.29, 0.717) is 23.6 Å². The van der Waals surface area contributed by atoms with Gasteiger partial charge in [0.05, 0.1) is 15.6 Å². The number of carbonyl (C=O) groups excluding carboxylic acids is 1. The Morgan fingerprint density at radius 3 is 2.44 bits per heavy atom. The minimum absolute atomic E-state index is 0.0374. The molecule has 0 spiro atoms. The lowest BCUT2D eigenvalue weighted by atomic mass is 10.2. The summed E-state index contributed by atoms with van der Waals surface area (Å²) >= 11 is 12.1. The van der Waals surface area contributed by atoms with Gasteiger partial charge in [-0.25, -0.2) is 12.8 Å². The fourth-order valence-corrected chi connectivity index (χ4v) is 5.13. The number of sulfonamides is 1. The first-order valence-electron chi connectivity index (χ1n) is 8.30. The molecule has 27 heavy (non-hydrogen) atoms. The summed E-state index contributed by atoms with van der Waals surface area (Å²) in [4.78, 5) is 14.0. The van der Waals surface area contributed by atoms with Crippen molar-refractivity contribution in [1.82, 2.24) is 9.21 Å². The van der Waals surface area contributed by atoms with Gasteiger partial charge in [-0.15, -0.1) is 0 Å². The monoisotopic (exact) mass is 430 g/mol. The van der Waals surface area contributed by atoms with E-state index in [1.54, 1.807) is 29.2 Å². The number of carbonyl (C=O) groups is 1.